The summed E-state index contributed by atoms with van der Waals surface area (Å²) in [4.78, 5) is 15.6. The number of benzene rings is 1. The molecule has 0 fully saturated rings. The van der Waals surface area contributed by atoms with Gasteiger partial charge in [0, 0.05) is 24.1 Å². The van der Waals surface area contributed by atoms with E-state index in [1.165, 1.54) is 12.1 Å². The highest BCUT2D eigenvalue weighted by Gasteiger charge is 2.23. The predicted octanol–water partition coefficient (Wildman–Crippen LogP) is 3.97. The van der Waals surface area contributed by atoms with Crippen LogP contribution in [0.4, 0.5) is 10.2 Å². The van der Waals surface area contributed by atoms with E-state index in [-0.39, 0.29) is 18.2 Å². The number of fused-ring (bicyclic) bond motifs is 1. The summed E-state index contributed by atoms with van der Waals surface area (Å²) in [7, 11) is 0. The number of carbonyl (C=O) groups is 1. The highest BCUT2D eigenvalue weighted by Crippen LogP contribution is 2.39. The molecule has 0 aliphatic carbocycles. The summed E-state index contributed by atoms with van der Waals surface area (Å²) in [6, 6.07) is 6.35. The van der Waals surface area contributed by atoms with E-state index in [4.69, 9.17) is 10.1 Å². The summed E-state index contributed by atoms with van der Waals surface area (Å²) in [5, 5.41) is 32.3. The van der Waals surface area contributed by atoms with Gasteiger partial charge in [0.1, 0.15) is 11.6 Å². The van der Waals surface area contributed by atoms with Gasteiger partial charge in [0.2, 0.25) is 0 Å². The number of aliphatic hydroxyl groups is 2. The van der Waals surface area contributed by atoms with Crippen LogP contribution in [0, 0.1) is 5.82 Å². The number of halogens is 1. The molecule has 3 rings (SSSR count). The summed E-state index contributed by atoms with van der Waals surface area (Å²) in [5.74, 6) is -0.490. The Kier molecular flexibility index (Phi) is 7.41. The topological polar surface area (TPSA) is 103 Å². The minimum atomic E-state index is -1.14. The summed E-state index contributed by atoms with van der Waals surface area (Å²) in [6.07, 6.45) is 2.49. The van der Waals surface area contributed by atoms with Gasteiger partial charge in [-0.1, -0.05) is 38.1 Å². The molecule has 4 N–H and O–H groups in total. The molecule has 1 aliphatic rings. The van der Waals surface area contributed by atoms with E-state index in [2.05, 4.69) is 5.32 Å². The van der Waals surface area contributed by atoms with Gasteiger partial charge in [-0.05, 0) is 42.0 Å². The van der Waals surface area contributed by atoms with Gasteiger partial charge in [-0.15, -0.1) is 0 Å². The molecule has 0 radical (unpaired) electrons. The van der Waals surface area contributed by atoms with E-state index in [1.807, 2.05) is 13.8 Å². The number of anilines is 1. The van der Waals surface area contributed by atoms with E-state index < -0.39 is 24.6 Å². The second-order valence-electron chi connectivity index (χ2n) is 8.22. The van der Waals surface area contributed by atoms with Gasteiger partial charge >= 0.3 is 5.97 Å². The molecule has 0 bridgehead atoms. The predicted molar refractivity (Wildman–Crippen MR) is 118 cm³/mol. The average molecular weight is 429 g/mol. The number of nitrogens with zero attached hydrogens (tertiary/aromatic N) is 1. The second kappa shape index (κ2) is 10.0. The highest BCUT2D eigenvalue weighted by atomic mass is 19.1. The van der Waals surface area contributed by atoms with Gasteiger partial charge < -0.3 is 20.6 Å². The van der Waals surface area contributed by atoms with Crippen LogP contribution in [-0.4, -0.2) is 45.0 Å². The van der Waals surface area contributed by atoms with Crippen molar-refractivity contribution in [2.45, 2.75) is 57.7 Å². The van der Waals surface area contributed by atoms with Crippen LogP contribution >= 0.6 is 0 Å². The SMILES string of the molecule is CC(C)c1nc2c(c(-c3ccc(F)cc3)c1C=C[C@@H](O)C[C@@H](O)CC(=O)O)CCCN2. The van der Waals surface area contributed by atoms with Crippen molar-refractivity contribution in [3.63, 3.8) is 0 Å². The van der Waals surface area contributed by atoms with Gasteiger partial charge in [0.15, 0.2) is 0 Å². The lowest BCUT2D eigenvalue weighted by Gasteiger charge is -2.25. The van der Waals surface area contributed by atoms with Crippen LogP contribution in [0.1, 0.15) is 55.8 Å². The number of hydrogen-bond donors (Lipinski definition) is 4. The fourth-order valence-electron chi connectivity index (χ4n) is 3.92. The van der Waals surface area contributed by atoms with Crippen molar-refractivity contribution in [3.05, 3.63) is 53.0 Å². The molecule has 0 saturated carbocycles. The number of aliphatic hydroxyl groups excluding tert-OH is 2. The van der Waals surface area contributed by atoms with Gasteiger partial charge in [-0.2, -0.15) is 0 Å². The molecule has 1 aromatic carbocycles. The van der Waals surface area contributed by atoms with E-state index in [9.17, 15) is 19.4 Å². The van der Waals surface area contributed by atoms with Crippen LogP contribution < -0.4 is 5.32 Å². The number of carboxylic acids is 1. The number of aromatic nitrogens is 1. The van der Waals surface area contributed by atoms with Crippen molar-refractivity contribution in [2.75, 3.05) is 11.9 Å². The van der Waals surface area contributed by atoms with Crippen molar-refractivity contribution in [1.82, 2.24) is 4.98 Å². The monoisotopic (exact) mass is 428 g/mol. The van der Waals surface area contributed by atoms with Crippen LogP contribution in [0.2, 0.25) is 0 Å². The zero-order valence-corrected chi connectivity index (χ0v) is 17.8. The first-order valence-corrected chi connectivity index (χ1v) is 10.6. The third-order valence-electron chi connectivity index (χ3n) is 5.35. The lowest BCUT2D eigenvalue weighted by atomic mass is 9.87. The Morgan fingerprint density at radius 1 is 1.26 bits per heavy atom. The molecule has 1 aromatic heterocycles. The molecular weight excluding hydrogens is 399 g/mol. The number of nitrogens with one attached hydrogen (secondary N) is 1. The lowest BCUT2D eigenvalue weighted by Crippen LogP contribution is -2.19. The van der Waals surface area contributed by atoms with Gasteiger partial charge in [-0.25, -0.2) is 9.37 Å². The van der Waals surface area contributed by atoms with E-state index in [0.717, 1.165) is 53.2 Å². The van der Waals surface area contributed by atoms with Crippen LogP contribution in [0.15, 0.2) is 30.3 Å². The number of carboxylic acid groups (broad SMARTS) is 1. The number of pyridine rings is 1. The van der Waals surface area contributed by atoms with Crippen molar-refractivity contribution in [2.24, 2.45) is 0 Å². The number of hydrogen-bond acceptors (Lipinski definition) is 5. The molecule has 0 unspecified atom stereocenters. The molecule has 0 spiro atoms. The molecule has 6 nitrogen and oxygen atoms in total. The molecular formula is C24H29FN2O4. The van der Waals surface area contributed by atoms with Crippen LogP contribution in [-0.2, 0) is 11.2 Å². The number of aliphatic carboxylic acids is 1. The minimum Gasteiger partial charge on any atom is -0.481 e. The first-order chi connectivity index (χ1) is 14.8. The van der Waals surface area contributed by atoms with Crippen LogP contribution in [0.3, 0.4) is 0 Å². The molecule has 1 aliphatic heterocycles. The molecule has 2 atom stereocenters. The van der Waals surface area contributed by atoms with Gasteiger partial charge in [0.05, 0.1) is 24.3 Å². The third-order valence-corrected chi connectivity index (χ3v) is 5.35. The maximum atomic E-state index is 13.6. The third kappa shape index (κ3) is 5.68. The Labute approximate surface area is 181 Å². The maximum absolute atomic E-state index is 13.6. The van der Waals surface area contributed by atoms with Crippen molar-refractivity contribution in [3.8, 4) is 11.1 Å². The molecule has 0 saturated heterocycles. The molecule has 0 amide bonds. The summed E-state index contributed by atoms with van der Waals surface area (Å²) >= 11 is 0. The summed E-state index contributed by atoms with van der Waals surface area (Å²) < 4.78 is 13.6. The van der Waals surface area contributed by atoms with Gasteiger partial charge in [0.25, 0.3) is 0 Å². The first kappa shape index (κ1) is 22.9. The molecule has 7 heteroatoms. The molecule has 2 heterocycles. The Hall–Kier alpha value is -2.77. The fourth-order valence-corrected chi connectivity index (χ4v) is 3.92. The minimum absolute atomic E-state index is 0.0778. The normalized spacial score (nSPS) is 15.5. The van der Waals surface area contributed by atoms with Crippen LogP contribution in [0.25, 0.3) is 17.2 Å². The molecule has 31 heavy (non-hydrogen) atoms. The maximum Gasteiger partial charge on any atom is 0.305 e. The standard InChI is InChI=1S/C24H29FN2O4/c1-14(2)23-19(10-9-17(28)12-18(29)13-21(30)31)22(15-5-7-16(25)8-6-15)20-4-3-11-26-24(20)27-23/h5-10,14,17-18,28-29H,3-4,11-13H2,1-2H3,(H,26,27)(H,30,31)/t17-,18-/m1/s1. The Bertz CT molecular complexity index is 957. The van der Waals surface area contributed by atoms with Gasteiger partial charge in [-0.3, -0.25) is 4.79 Å². The average Bonchev–Trinajstić information content (AvgIpc) is 2.71. The van der Waals surface area contributed by atoms with Crippen molar-refractivity contribution < 1.29 is 24.5 Å². The summed E-state index contributed by atoms with van der Waals surface area (Å²) in [5.41, 5.74) is 4.57. The fraction of sp³-hybridized carbons (Fsp3) is 0.417. The Morgan fingerprint density at radius 3 is 2.61 bits per heavy atom. The van der Waals surface area contributed by atoms with Crippen molar-refractivity contribution >= 4 is 17.9 Å². The summed E-state index contributed by atoms with van der Waals surface area (Å²) in [6.45, 7) is 4.92. The number of rotatable bonds is 8. The van der Waals surface area contributed by atoms with Crippen LogP contribution in [0.5, 0.6) is 0 Å². The van der Waals surface area contributed by atoms with E-state index in [0.29, 0.717) is 0 Å². The van der Waals surface area contributed by atoms with Crippen molar-refractivity contribution in [1.29, 1.82) is 0 Å². The zero-order chi connectivity index (χ0) is 22.5. The Balaban J connectivity index is 2.06. The Morgan fingerprint density at radius 2 is 1.97 bits per heavy atom. The zero-order valence-electron chi connectivity index (χ0n) is 17.8. The van der Waals surface area contributed by atoms with E-state index >= 15 is 0 Å². The largest absolute Gasteiger partial charge is 0.481 e. The smallest absolute Gasteiger partial charge is 0.305 e. The second-order valence-corrected chi connectivity index (χ2v) is 8.22. The molecule has 166 valence electrons. The highest BCUT2D eigenvalue weighted by molar-refractivity contribution is 5.83. The lowest BCUT2D eigenvalue weighted by molar-refractivity contribution is -0.139. The molecule has 2 aromatic rings. The van der Waals surface area contributed by atoms with E-state index in [1.54, 1.807) is 24.3 Å². The first-order valence-electron chi connectivity index (χ1n) is 10.6. The quantitative estimate of drug-likeness (QED) is 0.507.